The fourth-order valence-electron chi connectivity index (χ4n) is 0.756. The maximum atomic E-state index is 10.1. The van der Waals surface area contributed by atoms with Crippen LogP contribution in [-0.2, 0) is 17.8 Å². The van der Waals surface area contributed by atoms with E-state index < -0.39 is 11.3 Å². The van der Waals surface area contributed by atoms with E-state index >= 15 is 0 Å². The molecule has 0 aromatic heterocycles. The van der Waals surface area contributed by atoms with Gasteiger partial charge in [0.05, 0.1) is 0 Å². The monoisotopic (exact) mass is 186 g/mol. The van der Waals surface area contributed by atoms with E-state index in [0.717, 1.165) is 5.56 Å². The molecule has 0 fully saturated rings. The Bertz CT molecular complexity index is 272. The summed E-state index contributed by atoms with van der Waals surface area (Å²) in [6.07, 6.45) is 0. The molecule has 0 saturated carbocycles. The minimum Gasteiger partial charge on any atom is -0.760 e. The van der Waals surface area contributed by atoms with E-state index in [1.54, 1.807) is 12.1 Å². The van der Waals surface area contributed by atoms with Crippen molar-refractivity contribution in [2.75, 3.05) is 0 Å². The third-order valence-electron chi connectivity index (χ3n) is 1.33. The third-order valence-corrected chi connectivity index (χ3v) is 1.71. The largest absolute Gasteiger partial charge is 0.760 e. The number of hydrogen-bond acceptors (Lipinski definition) is 3. The average molecular weight is 186 g/mol. The Kier molecular flexibility index (Phi) is 3.21. The fourth-order valence-corrected chi connectivity index (χ4v) is 1.04. The quantitative estimate of drug-likeness (QED) is 0.666. The van der Waals surface area contributed by atoms with Crippen molar-refractivity contribution in [3.63, 3.8) is 0 Å². The summed E-state index contributed by atoms with van der Waals surface area (Å²) in [6.45, 7) is 0.246. The Labute approximate surface area is 72.7 Å². The molecule has 0 radical (unpaired) electrons. The molecule has 66 valence electrons. The molecule has 2 N–H and O–H groups in total. The molecule has 4 nitrogen and oxygen atoms in total. The normalized spacial score (nSPS) is 12.8. The van der Waals surface area contributed by atoms with E-state index in [4.69, 9.17) is 5.11 Å². The predicted molar refractivity (Wildman–Crippen MR) is 43.9 cm³/mol. The zero-order valence-corrected chi connectivity index (χ0v) is 7.00. The van der Waals surface area contributed by atoms with Gasteiger partial charge in [-0.25, -0.2) is 4.72 Å². The van der Waals surface area contributed by atoms with Gasteiger partial charge in [0.25, 0.3) is 0 Å². The van der Waals surface area contributed by atoms with Crippen LogP contribution in [0.2, 0.25) is 0 Å². The van der Waals surface area contributed by atoms with Crippen LogP contribution in [0.1, 0.15) is 5.56 Å². The highest BCUT2D eigenvalue weighted by atomic mass is 32.2. The molecule has 0 aliphatic heterocycles. The molecule has 1 aromatic carbocycles. The molecule has 0 bridgehead atoms. The molecule has 0 aliphatic carbocycles. The highest BCUT2D eigenvalue weighted by Crippen LogP contribution is 2.08. The smallest absolute Gasteiger partial charge is 0.115 e. The first kappa shape index (κ1) is 9.18. The van der Waals surface area contributed by atoms with Gasteiger partial charge in [-0.1, -0.05) is 12.1 Å². The van der Waals surface area contributed by atoms with Crippen LogP contribution in [0.4, 0.5) is 0 Å². The lowest BCUT2D eigenvalue weighted by atomic mass is 10.2. The maximum absolute atomic E-state index is 10.1. The molecular formula is C7H8NO3S-. The van der Waals surface area contributed by atoms with Crippen LogP contribution in [0.25, 0.3) is 0 Å². The minimum atomic E-state index is -2.23. The Balaban J connectivity index is 2.53. The minimum absolute atomic E-state index is 0.169. The first-order valence-corrected chi connectivity index (χ1v) is 4.36. The summed E-state index contributed by atoms with van der Waals surface area (Å²) in [5.41, 5.74) is 0.803. The molecule has 1 aromatic rings. The predicted octanol–water partition coefficient (Wildman–Crippen LogP) is 0.276. The van der Waals surface area contributed by atoms with Gasteiger partial charge in [-0.2, -0.15) is 0 Å². The fraction of sp³-hybridized carbons (Fsp3) is 0.143. The van der Waals surface area contributed by atoms with Gasteiger partial charge >= 0.3 is 0 Å². The van der Waals surface area contributed by atoms with Gasteiger partial charge in [0.1, 0.15) is 5.75 Å². The number of phenols is 1. The van der Waals surface area contributed by atoms with Crippen molar-refractivity contribution in [1.82, 2.24) is 4.72 Å². The average Bonchev–Trinajstić information content (AvgIpc) is 2.03. The number of hydrogen-bond donors (Lipinski definition) is 2. The zero-order valence-electron chi connectivity index (χ0n) is 6.19. The summed E-state index contributed by atoms with van der Waals surface area (Å²) in [4.78, 5) is 0. The van der Waals surface area contributed by atoms with Gasteiger partial charge in [0, 0.05) is 17.8 Å². The van der Waals surface area contributed by atoms with Crippen molar-refractivity contribution < 1.29 is 13.9 Å². The summed E-state index contributed by atoms with van der Waals surface area (Å²) in [5, 5.41) is 8.89. The van der Waals surface area contributed by atoms with Gasteiger partial charge in [-0.15, -0.1) is 0 Å². The SMILES string of the molecule is O=S([O-])NCc1ccc(O)cc1. The van der Waals surface area contributed by atoms with E-state index in [1.807, 2.05) is 0 Å². The molecule has 1 atom stereocenters. The zero-order chi connectivity index (χ0) is 8.97. The topological polar surface area (TPSA) is 72.4 Å². The third kappa shape index (κ3) is 3.00. The molecule has 0 heterocycles. The van der Waals surface area contributed by atoms with E-state index in [0.29, 0.717) is 0 Å². The Morgan fingerprint density at radius 2 is 2.00 bits per heavy atom. The van der Waals surface area contributed by atoms with Gasteiger partial charge in [0.2, 0.25) is 0 Å². The van der Waals surface area contributed by atoms with E-state index in [2.05, 4.69) is 4.72 Å². The van der Waals surface area contributed by atoms with Crippen LogP contribution in [0.15, 0.2) is 24.3 Å². The highest BCUT2D eigenvalue weighted by Gasteiger charge is 1.91. The van der Waals surface area contributed by atoms with Crippen molar-refractivity contribution in [2.45, 2.75) is 6.54 Å². The van der Waals surface area contributed by atoms with Crippen LogP contribution in [0.3, 0.4) is 0 Å². The van der Waals surface area contributed by atoms with E-state index in [-0.39, 0.29) is 12.3 Å². The second-order valence-corrected chi connectivity index (χ2v) is 2.98. The second kappa shape index (κ2) is 4.20. The van der Waals surface area contributed by atoms with Crippen molar-refractivity contribution in [3.8, 4) is 5.75 Å². The van der Waals surface area contributed by atoms with E-state index in [9.17, 15) is 8.76 Å². The highest BCUT2D eigenvalue weighted by molar-refractivity contribution is 7.77. The van der Waals surface area contributed by atoms with Gasteiger partial charge < -0.3 is 9.66 Å². The lowest BCUT2D eigenvalue weighted by molar-refractivity contribution is 0.475. The molecule has 5 heteroatoms. The number of aromatic hydroxyl groups is 1. The van der Waals surface area contributed by atoms with Crippen molar-refractivity contribution in [1.29, 1.82) is 0 Å². The van der Waals surface area contributed by atoms with Crippen molar-refractivity contribution >= 4 is 11.3 Å². The van der Waals surface area contributed by atoms with Gasteiger partial charge in [-0.05, 0) is 17.7 Å². The summed E-state index contributed by atoms with van der Waals surface area (Å²) in [5.74, 6) is 0.169. The van der Waals surface area contributed by atoms with Crippen molar-refractivity contribution in [3.05, 3.63) is 29.8 Å². The van der Waals surface area contributed by atoms with Crippen LogP contribution in [-0.4, -0.2) is 13.9 Å². The first-order valence-electron chi connectivity index (χ1n) is 3.29. The summed E-state index contributed by atoms with van der Waals surface area (Å²) in [7, 11) is 0. The Morgan fingerprint density at radius 1 is 1.42 bits per heavy atom. The first-order chi connectivity index (χ1) is 5.68. The van der Waals surface area contributed by atoms with E-state index in [1.165, 1.54) is 12.1 Å². The number of nitrogens with one attached hydrogen (secondary N) is 1. The Morgan fingerprint density at radius 3 is 2.50 bits per heavy atom. The summed E-state index contributed by atoms with van der Waals surface area (Å²) >= 11 is -2.23. The summed E-state index contributed by atoms with van der Waals surface area (Å²) in [6, 6.07) is 6.31. The molecule has 0 aliphatic rings. The number of rotatable bonds is 3. The number of benzene rings is 1. The molecule has 1 rings (SSSR count). The van der Waals surface area contributed by atoms with Gasteiger partial charge in [-0.3, -0.25) is 4.21 Å². The van der Waals surface area contributed by atoms with Crippen LogP contribution in [0.5, 0.6) is 5.75 Å². The lowest BCUT2D eigenvalue weighted by Crippen LogP contribution is -2.15. The summed E-state index contributed by atoms with van der Waals surface area (Å²) < 4.78 is 22.4. The standard InChI is InChI=1S/C7H9NO3S/c9-7-3-1-6(2-4-7)5-8-12(10)11/h1-4,8-9H,5H2,(H,10,11)/p-1. The molecular weight excluding hydrogens is 178 g/mol. The molecule has 0 amide bonds. The Hall–Kier alpha value is -0.910. The van der Waals surface area contributed by atoms with Crippen LogP contribution >= 0.6 is 0 Å². The number of phenolic OH excluding ortho intramolecular Hbond substituents is 1. The second-order valence-electron chi connectivity index (χ2n) is 2.22. The maximum Gasteiger partial charge on any atom is 0.115 e. The lowest BCUT2D eigenvalue weighted by Gasteiger charge is -2.06. The van der Waals surface area contributed by atoms with Crippen LogP contribution in [0, 0.1) is 0 Å². The van der Waals surface area contributed by atoms with Gasteiger partial charge in [0.15, 0.2) is 0 Å². The molecule has 0 saturated heterocycles. The van der Waals surface area contributed by atoms with Crippen LogP contribution < -0.4 is 4.72 Å². The molecule has 12 heavy (non-hydrogen) atoms. The molecule has 0 spiro atoms. The van der Waals surface area contributed by atoms with Crippen molar-refractivity contribution in [2.24, 2.45) is 0 Å². The molecule has 1 unspecified atom stereocenters.